The van der Waals surface area contributed by atoms with E-state index in [0.717, 1.165) is 30.0 Å². The molecule has 1 aromatic carbocycles. The first-order valence-electron chi connectivity index (χ1n) is 11.4. The number of halogens is 6. The Kier molecular flexibility index (Phi) is 7.58. The molecule has 1 aliphatic heterocycles. The van der Waals surface area contributed by atoms with Gasteiger partial charge in [0.1, 0.15) is 5.82 Å². The molecule has 38 heavy (non-hydrogen) atoms. The van der Waals surface area contributed by atoms with Gasteiger partial charge in [-0.3, -0.25) is 4.79 Å². The van der Waals surface area contributed by atoms with E-state index in [4.69, 9.17) is 11.6 Å². The molecule has 202 valence electrons. The number of aromatic amines is 1. The summed E-state index contributed by atoms with van der Waals surface area (Å²) >= 11 is 6.28. The van der Waals surface area contributed by atoms with Gasteiger partial charge in [-0.1, -0.05) is 18.5 Å². The Hall–Kier alpha value is -3.74. The minimum Gasteiger partial charge on any atom is -0.466 e. The van der Waals surface area contributed by atoms with Gasteiger partial charge in [0.25, 0.3) is 11.4 Å². The van der Waals surface area contributed by atoms with Gasteiger partial charge in [0, 0.05) is 29.4 Å². The number of urea groups is 1. The minimum atomic E-state index is -4.68. The smallest absolute Gasteiger partial charge is 0.422 e. The van der Waals surface area contributed by atoms with Crippen LogP contribution in [-0.4, -0.2) is 44.9 Å². The molecule has 8 nitrogen and oxygen atoms in total. The van der Waals surface area contributed by atoms with E-state index in [1.54, 1.807) is 6.92 Å². The lowest BCUT2D eigenvalue weighted by Crippen LogP contribution is -2.48. The van der Waals surface area contributed by atoms with Crippen LogP contribution in [0.5, 0.6) is 5.88 Å². The maximum absolute atomic E-state index is 15.0. The highest BCUT2D eigenvalue weighted by Crippen LogP contribution is 2.36. The van der Waals surface area contributed by atoms with E-state index in [9.17, 15) is 27.2 Å². The highest BCUT2D eigenvalue weighted by molar-refractivity contribution is 6.33. The van der Waals surface area contributed by atoms with Crippen molar-refractivity contribution in [3.8, 4) is 17.0 Å². The standard InChI is InChI=1S/C24H21ClF5N5O3/c1-3-19-21-12(6-20(36)33-34-21)4-11(2)35(19)23(37)32-18-8-15(25)14(7-16(18)26)13-5-17(27)22(31-9-13)38-10-24(28,29)30/h5-9,11,19H,3-4,10H2,1-2H3,(H,32,37)(H,33,36). The Bertz CT molecular complexity index is 1430. The molecule has 0 saturated heterocycles. The van der Waals surface area contributed by atoms with Crippen molar-refractivity contribution in [1.82, 2.24) is 20.1 Å². The number of benzene rings is 1. The van der Waals surface area contributed by atoms with Crippen molar-refractivity contribution in [2.75, 3.05) is 11.9 Å². The first-order chi connectivity index (χ1) is 17.9. The average Bonchev–Trinajstić information content (AvgIpc) is 2.83. The number of alkyl halides is 3. The summed E-state index contributed by atoms with van der Waals surface area (Å²) in [6.45, 7) is 1.91. The van der Waals surface area contributed by atoms with Crippen LogP contribution in [0.25, 0.3) is 11.1 Å². The topological polar surface area (TPSA) is 100 Å². The lowest BCUT2D eigenvalue weighted by Gasteiger charge is -2.40. The molecule has 0 fully saturated rings. The van der Waals surface area contributed by atoms with Crippen LogP contribution in [0.1, 0.15) is 37.6 Å². The van der Waals surface area contributed by atoms with Crippen molar-refractivity contribution in [2.24, 2.45) is 0 Å². The van der Waals surface area contributed by atoms with Crippen LogP contribution in [-0.2, 0) is 6.42 Å². The number of ether oxygens (including phenoxy) is 1. The van der Waals surface area contributed by atoms with Crippen LogP contribution in [0, 0.1) is 11.6 Å². The quantitative estimate of drug-likeness (QED) is 0.396. The highest BCUT2D eigenvalue weighted by Gasteiger charge is 2.36. The molecule has 3 heterocycles. The summed E-state index contributed by atoms with van der Waals surface area (Å²) in [5.74, 6) is -2.95. The number of carbonyl (C=O) groups excluding carboxylic acids is 1. The van der Waals surface area contributed by atoms with Crippen molar-refractivity contribution >= 4 is 23.3 Å². The Morgan fingerprint density at radius 2 is 1.97 bits per heavy atom. The molecule has 2 atom stereocenters. The third-order valence-electron chi connectivity index (χ3n) is 5.97. The third kappa shape index (κ3) is 5.72. The van der Waals surface area contributed by atoms with Gasteiger partial charge in [-0.15, -0.1) is 0 Å². The first kappa shape index (κ1) is 27.3. The number of nitrogens with zero attached hydrogens (tertiary/aromatic N) is 3. The van der Waals surface area contributed by atoms with Crippen molar-refractivity contribution in [2.45, 2.75) is 44.9 Å². The van der Waals surface area contributed by atoms with Crippen molar-refractivity contribution in [3.05, 3.63) is 68.7 Å². The van der Waals surface area contributed by atoms with Crippen LogP contribution in [0.15, 0.2) is 35.3 Å². The molecule has 0 saturated carbocycles. The molecule has 0 aliphatic carbocycles. The van der Waals surface area contributed by atoms with Gasteiger partial charge < -0.3 is 15.0 Å². The number of pyridine rings is 1. The summed E-state index contributed by atoms with van der Waals surface area (Å²) in [4.78, 5) is 29.9. The van der Waals surface area contributed by atoms with Crippen molar-refractivity contribution < 1.29 is 31.5 Å². The minimum absolute atomic E-state index is 0.00389. The molecular weight excluding hydrogens is 537 g/mol. The molecule has 4 rings (SSSR count). The molecule has 0 spiro atoms. The van der Waals surface area contributed by atoms with Gasteiger partial charge >= 0.3 is 12.2 Å². The summed E-state index contributed by atoms with van der Waals surface area (Å²) in [6, 6.07) is 2.91. The first-order valence-corrected chi connectivity index (χ1v) is 11.8. The lowest BCUT2D eigenvalue weighted by atomic mass is 9.92. The zero-order chi connectivity index (χ0) is 27.8. The molecule has 3 aromatic rings. The molecule has 0 bridgehead atoms. The Morgan fingerprint density at radius 3 is 2.63 bits per heavy atom. The molecule has 2 aromatic heterocycles. The monoisotopic (exact) mass is 557 g/mol. The maximum atomic E-state index is 15.0. The SMILES string of the molecule is CCC1c2n[nH]c(=O)cc2CC(C)N1C(=O)Nc1cc(Cl)c(-c2cnc(OCC(F)(F)F)c(F)c2)cc1F. The number of rotatable bonds is 5. The fourth-order valence-electron chi connectivity index (χ4n) is 4.36. The number of hydrogen-bond donors (Lipinski definition) is 2. The maximum Gasteiger partial charge on any atom is 0.422 e. The summed E-state index contributed by atoms with van der Waals surface area (Å²) in [5.41, 5.74) is 0.660. The van der Waals surface area contributed by atoms with Gasteiger partial charge in [0.05, 0.1) is 22.4 Å². The molecular formula is C24H21ClF5N5O3. The zero-order valence-electron chi connectivity index (χ0n) is 20.0. The van der Waals surface area contributed by atoms with E-state index < -0.39 is 42.4 Å². The molecule has 2 N–H and O–H groups in total. The number of hydrogen-bond acceptors (Lipinski definition) is 5. The second-order valence-electron chi connectivity index (χ2n) is 8.68. The number of H-pyrrole nitrogens is 1. The van der Waals surface area contributed by atoms with Gasteiger partial charge in [-0.2, -0.15) is 18.3 Å². The largest absolute Gasteiger partial charge is 0.466 e. The fourth-order valence-corrected chi connectivity index (χ4v) is 4.64. The highest BCUT2D eigenvalue weighted by atomic mass is 35.5. The van der Waals surface area contributed by atoms with Gasteiger partial charge in [-0.25, -0.2) is 23.7 Å². The molecule has 2 unspecified atom stereocenters. The normalized spacial score (nSPS) is 17.2. The summed E-state index contributed by atoms with van der Waals surface area (Å²) in [7, 11) is 0. The lowest BCUT2D eigenvalue weighted by molar-refractivity contribution is -0.154. The van der Waals surface area contributed by atoms with Crippen LogP contribution < -0.4 is 15.6 Å². The number of amides is 2. The predicted octanol–water partition coefficient (Wildman–Crippen LogP) is 5.63. The number of anilines is 1. The second kappa shape index (κ2) is 10.6. The van der Waals surface area contributed by atoms with Crippen molar-refractivity contribution in [3.63, 3.8) is 0 Å². The Morgan fingerprint density at radius 1 is 1.24 bits per heavy atom. The Labute approximate surface area is 217 Å². The van der Waals surface area contributed by atoms with Crippen LogP contribution in [0.4, 0.5) is 32.4 Å². The predicted molar refractivity (Wildman–Crippen MR) is 128 cm³/mol. The van der Waals surface area contributed by atoms with Crippen LogP contribution in [0.2, 0.25) is 5.02 Å². The molecule has 1 aliphatic rings. The number of fused-ring (bicyclic) bond motifs is 1. The van der Waals surface area contributed by atoms with Gasteiger partial charge in [0.15, 0.2) is 12.4 Å². The summed E-state index contributed by atoms with van der Waals surface area (Å²) in [5, 5.41) is 8.90. The second-order valence-corrected chi connectivity index (χ2v) is 9.09. The van der Waals surface area contributed by atoms with Crippen molar-refractivity contribution in [1.29, 1.82) is 0 Å². The Balaban J connectivity index is 1.56. The van der Waals surface area contributed by atoms with E-state index in [0.29, 0.717) is 18.5 Å². The van der Waals surface area contributed by atoms with Crippen LogP contribution in [0.3, 0.4) is 0 Å². The van der Waals surface area contributed by atoms with E-state index in [-0.39, 0.29) is 33.4 Å². The molecule has 14 heteroatoms. The van der Waals surface area contributed by atoms with E-state index in [1.165, 1.54) is 11.0 Å². The number of carbonyl (C=O) groups is 1. The summed E-state index contributed by atoms with van der Waals surface area (Å²) < 4.78 is 70.6. The fraction of sp³-hybridized carbons (Fsp3) is 0.333. The van der Waals surface area contributed by atoms with Gasteiger partial charge in [0.2, 0.25) is 0 Å². The zero-order valence-corrected chi connectivity index (χ0v) is 20.8. The average molecular weight is 558 g/mol. The molecule has 0 radical (unpaired) electrons. The van der Waals surface area contributed by atoms with Crippen LogP contribution >= 0.6 is 11.6 Å². The third-order valence-corrected chi connectivity index (χ3v) is 6.29. The van der Waals surface area contributed by atoms with E-state index in [1.807, 2.05) is 6.92 Å². The molecule has 2 amide bonds. The summed E-state index contributed by atoms with van der Waals surface area (Å²) in [6.07, 6.45) is -2.84. The van der Waals surface area contributed by atoms with Gasteiger partial charge in [-0.05, 0) is 43.5 Å². The number of aromatic nitrogens is 3. The van der Waals surface area contributed by atoms with E-state index in [2.05, 4.69) is 25.2 Å². The van der Waals surface area contributed by atoms with E-state index >= 15 is 4.39 Å². The number of nitrogens with one attached hydrogen (secondary N) is 2.